The van der Waals surface area contributed by atoms with Crippen molar-refractivity contribution < 1.29 is 0 Å². The second-order valence-corrected chi connectivity index (χ2v) is 6.36. The summed E-state index contributed by atoms with van der Waals surface area (Å²) in [5.41, 5.74) is 2.52. The Hall–Kier alpha value is -0.400. The van der Waals surface area contributed by atoms with Gasteiger partial charge in [0.25, 0.3) is 0 Å². The summed E-state index contributed by atoms with van der Waals surface area (Å²) in [6.45, 7) is 3.07. The first-order chi connectivity index (χ1) is 7.72. The number of halogens is 1. The van der Waals surface area contributed by atoms with Crippen LogP contribution in [0, 0.1) is 2.88 Å². The average Bonchev–Trinajstić information content (AvgIpc) is 2.84. The largest absolute Gasteiger partial charge is 0.305 e. The first kappa shape index (κ1) is 12.1. The lowest BCUT2D eigenvalue weighted by molar-refractivity contribution is 0.574. The van der Waals surface area contributed by atoms with E-state index in [4.69, 9.17) is 0 Å². The molecular formula is C11H14IN3S. The smallest absolute Gasteiger partial charge is 0.0756 e. The molecule has 2 rings (SSSR count). The quantitative estimate of drug-likeness (QED) is 0.862. The molecule has 0 radical (unpaired) electrons. The van der Waals surface area contributed by atoms with Crippen LogP contribution in [-0.4, -0.2) is 16.3 Å². The Morgan fingerprint density at radius 3 is 2.94 bits per heavy atom. The van der Waals surface area contributed by atoms with E-state index in [1.165, 1.54) is 14.1 Å². The Kier molecular flexibility index (Phi) is 3.99. The van der Waals surface area contributed by atoms with Crippen LogP contribution in [0.15, 0.2) is 23.7 Å². The molecule has 1 atom stereocenters. The van der Waals surface area contributed by atoms with Crippen molar-refractivity contribution in [3.05, 3.63) is 37.9 Å². The SMILES string of the molecule is CCNC(c1csc(I)c1)c1ccnn1C. The summed E-state index contributed by atoms with van der Waals surface area (Å²) in [4.78, 5) is 0. The third-order valence-corrected chi connectivity index (χ3v) is 4.29. The molecule has 2 aromatic heterocycles. The van der Waals surface area contributed by atoms with E-state index in [-0.39, 0.29) is 6.04 Å². The molecule has 1 unspecified atom stereocenters. The van der Waals surface area contributed by atoms with E-state index in [2.05, 4.69) is 57.4 Å². The molecule has 0 aliphatic carbocycles. The molecular weight excluding hydrogens is 333 g/mol. The van der Waals surface area contributed by atoms with Gasteiger partial charge in [0, 0.05) is 13.2 Å². The fraction of sp³-hybridized carbons (Fsp3) is 0.364. The zero-order valence-electron chi connectivity index (χ0n) is 9.27. The van der Waals surface area contributed by atoms with Gasteiger partial charge < -0.3 is 5.32 Å². The molecule has 0 bridgehead atoms. The Labute approximate surface area is 113 Å². The summed E-state index contributed by atoms with van der Waals surface area (Å²) < 4.78 is 3.25. The molecule has 3 nitrogen and oxygen atoms in total. The summed E-state index contributed by atoms with van der Waals surface area (Å²) in [5.74, 6) is 0. The Morgan fingerprint density at radius 2 is 2.44 bits per heavy atom. The highest BCUT2D eigenvalue weighted by molar-refractivity contribution is 14.1. The van der Waals surface area contributed by atoms with E-state index in [1.807, 2.05) is 17.9 Å². The van der Waals surface area contributed by atoms with Gasteiger partial charge in [-0.2, -0.15) is 5.10 Å². The molecule has 0 saturated carbocycles. The molecule has 0 amide bonds. The Balaban J connectivity index is 2.34. The van der Waals surface area contributed by atoms with Gasteiger partial charge in [0.15, 0.2) is 0 Å². The van der Waals surface area contributed by atoms with Crippen LogP contribution < -0.4 is 5.32 Å². The van der Waals surface area contributed by atoms with Crippen molar-refractivity contribution in [3.63, 3.8) is 0 Å². The Morgan fingerprint density at radius 1 is 1.62 bits per heavy atom. The topological polar surface area (TPSA) is 29.9 Å². The van der Waals surface area contributed by atoms with Gasteiger partial charge in [-0.25, -0.2) is 0 Å². The van der Waals surface area contributed by atoms with Gasteiger partial charge in [0.2, 0.25) is 0 Å². The molecule has 0 spiro atoms. The predicted molar refractivity (Wildman–Crippen MR) is 75.8 cm³/mol. The molecule has 5 heteroatoms. The number of aromatic nitrogens is 2. The molecule has 2 aromatic rings. The van der Waals surface area contributed by atoms with Crippen molar-refractivity contribution >= 4 is 33.9 Å². The number of nitrogens with zero attached hydrogens (tertiary/aromatic N) is 2. The van der Waals surface area contributed by atoms with Crippen molar-refractivity contribution in [2.45, 2.75) is 13.0 Å². The molecule has 0 fully saturated rings. The molecule has 0 saturated heterocycles. The van der Waals surface area contributed by atoms with Gasteiger partial charge in [-0.05, 0) is 52.2 Å². The second-order valence-electron chi connectivity index (χ2n) is 3.55. The summed E-state index contributed by atoms with van der Waals surface area (Å²) in [7, 11) is 1.98. The lowest BCUT2D eigenvalue weighted by atomic mass is 10.1. The minimum atomic E-state index is 0.247. The van der Waals surface area contributed by atoms with Crippen molar-refractivity contribution in [3.8, 4) is 0 Å². The molecule has 0 aromatic carbocycles. The van der Waals surface area contributed by atoms with E-state index in [1.54, 1.807) is 11.3 Å². The van der Waals surface area contributed by atoms with E-state index < -0.39 is 0 Å². The number of aryl methyl sites for hydroxylation is 1. The van der Waals surface area contributed by atoms with Gasteiger partial charge in [-0.1, -0.05) is 6.92 Å². The maximum atomic E-state index is 4.23. The number of rotatable bonds is 4. The lowest BCUT2D eigenvalue weighted by Crippen LogP contribution is -2.23. The fourth-order valence-corrected chi connectivity index (χ4v) is 3.14. The summed E-state index contributed by atoms with van der Waals surface area (Å²) in [6.07, 6.45) is 1.84. The molecule has 86 valence electrons. The highest BCUT2D eigenvalue weighted by Gasteiger charge is 2.17. The third kappa shape index (κ3) is 2.46. The summed E-state index contributed by atoms with van der Waals surface area (Å²) in [5, 5.41) is 9.94. The molecule has 0 aliphatic heterocycles. The summed E-state index contributed by atoms with van der Waals surface area (Å²) >= 11 is 4.14. The maximum Gasteiger partial charge on any atom is 0.0756 e. The van der Waals surface area contributed by atoms with Gasteiger partial charge in [0.05, 0.1) is 14.6 Å². The van der Waals surface area contributed by atoms with Crippen molar-refractivity contribution in [1.82, 2.24) is 15.1 Å². The zero-order valence-corrected chi connectivity index (χ0v) is 12.2. The van der Waals surface area contributed by atoms with E-state index in [0.717, 1.165) is 6.54 Å². The highest BCUT2D eigenvalue weighted by atomic mass is 127. The number of hydrogen-bond donors (Lipinski definition) is 1. The first-order valence-electron chi connectivity index (χ1n) is 5.17. The normalized spacial score (nSPS) is 12.9. The van der Waals surface area contributed by atoms with Crippen LogP contribution >= 0.6 is 33.9 Å². The van der Waals surface area contributed by atoms with Gasteiger partial charge in [-0.3, -0.25) is 4.68 Å². The van der Waals surface area contributed by atoms with Crippen LogP contribution in [0.5, 0.6) is 0 Å². The van der Waals surface area contributed by atoms with Crippen molar-refractivity contribution in [2.24, 2.45) is 7.05 Å². The Bertz CT molecular complexity index is 463. The van der Waals surface area contributed by atoms with Gasteiger partial charge >= 0.3 is 0 Å². The van der Waals surface area contributed by atoms with Crippen molar-refractivity contribution in [1.29, 1.82) is 0 Å². The standard InChI is InChI=1S/C11H14IN3S/c1-3-13-11(8-6-10(12)16-7-8)9-4-5-14-15(9)2/h4-7,11,13H,3H2,1-2H3. The molecule has 2 heterocycles. The maximum absolute atomic E-state index is 4.23. The number of nitrogens with one attached hydrogen (secondary N) is 1. The van der Waals surface area contributed by atoms with Crippen LogP contribution in [-0.2, 0) is 7.05 Å². The van der Waals surface area contributed by atoms with Crippen LogP contribution in [0.1, 0.15) is 24.2 Å². The molecule has 16 heavy (non-hydrogen) atoms. The van der Waals surface area contributed by atoms with Crippen LogP contribution in [0.2, 0.25) is 0 Å². The van der Waals surface area contributed by atoms with Gasteiger partial charge in [0.1, 0.15) is 0 Å². The number of hydrogen-bond acceptors (Lipinski definition) is 3. The average molecular weight is 347 g/mol. The lowest BCUT2D eigenvalue weighted by Gasteiger charge is -2.16. The van der Waals surface area contributed by atoms with Crippen LogP contribution in [0.4, 0.5) is 0 Å². The summed E-state index contributed by atoms with van der Waals surface area (Å²) in [6, 6.07) is 4.54. The third-order valence-electron chi connectivity index (χ3n) is 2.48. The minimum Gasteiger partial charge on any atom is -0.305 e. The molecule has 0 aliphatic rings. The molecule has 1 N–H and O–H groups in total. The van der Waals surface area contributed by atoms with Crippen molar-refractivity contribution in [2.75, 3.05) is 6.54 Å². The van der Waals surface area contributed by atoms with Gasteiger partial charge in [-0.15, -0.1) is 11.3 Å². The predicted octanol–water partition coefficient (Wildman–Crippen LogP) is 2.79. The zero-order chi connectivity index (χ0) is 11.5. The number of thiophene rings is 1. The highest BCUT2D eigenvalue weighted by Crippen LogP contribution is 2.26. The second kappa shape index (κ2) is 5.29. The van der Waals surface area contributed by atoms with Crippen LogP contribution in [0.3, 0.4) is 0 Å². The van der Waals surface area contributed by atoms with Crippen LogP contribution in [0.25, 0.3) is 0 Å². The first-order valence-corrected chi connectivity index (χ1v) is 7.13. The van der Waals surface area contributed by atoms with E-state index >= 15 is 0 Å². The minimum absolute atomic E-state index is 0.247. The monoisotopic (exact) mass is 347 g/mol. The van der Waals surface area contributed by atoms with E-state index in [9.17, 15) is 0 Å². The van der Waals surface area contributed by atoms with E-state index in [0.29, 0.717) is 0 Å². The fourth-order valence-electron chi connectivity index (χ4n) is 1.74.